The molecule has 0 aromatic heterocycles. The molecule has 4 aliphatic rings. The SMILES string of the molecule is C[C@H](CCCC(C)(C)O)[C@H]1CC[C@H]2[C@@H]3[C@@H](O)C=C4CC(O)CC[C@]4(C)[C@H]3CC[C@]12C. The van der Waals surface area contributed by atoms with Crippen molar-refractivity contribution in [2.24, 2.45) is 40.4 Å². The van der Waals surface area contributed by atoms with E-state index < -0.39 is 5.60 Å². The molecule has 0 amide bonds. The van der Waals surface area contributed by atoms with Gasteiger partial charge in [0.05, 0.1) is 17.8 Å². The van der Waals surface area contributed by atoms with Crippen LogP contribution in [0.15, 0.2) is 11.6 Å². The quantitative estimate of drug-likeness (QED) is 0.519. The van der Waals surface area contributed by atoms with Crippen molar-refractivity contribution >= 4 is 0 Å². The van der Waals surface area contributed by atoms with Gasteiger partial charge in [0.2, 0.25) is 0 Å². The van der Waals surface area contributed by atoms with Crippen molar-refractivity contribution in [3.63, 3.8) is 0 Å². The van der Waals surface area contributed by atoms with E-state index in [0.717, 1.165) is 38.0 Å². The van der Waals surface area contributed by atoms with Crippen LogP contribution in [0.2, 0.25) is 0 Å². The second kappa shape index (κ2) is 7.89. The lowest BCUT2D eigenvalue weighted by molar-refractivity contribution is -0.0971. The molecular weight excluding hydrogens is 372 g/mol. The first-order chi connectivity index (χ1) is 14.0. The summed E-state index contributed by atoms with van der Waals surface area (Å²) in [6.07, 6.45) is 12.6. The minimum Gasteiger partial charge on any atom is -0.393 e. The minimum atomic E-state index is -0.556. The monoisotopic (exact) mass is 418 g/mol. The van der Waals surface area contributed by atoms with Crippen LogP contribution in [0.25, 0.3) is 0 Å². The summed E-state index contributed by atoms with van der Waals surface area (Å²) in [5, 5.41) is 31.6. The average Bonchev–Trinajstić information content (AvgIpc) is 2.99. The summed E-state index contributed by atoms with van der Waals surface area (Å²) in [5.74, 6) is 3.01. The lowest BCUT2D eigenvalue weighted by Gasteiger charge is -2.59. The van der Waals surface area contributed by atoms with E-state index in [1.807, 2.05) is 13.8 Å². The van der Waals surface area contributed by atoms with Gasteiger partial charge in [0, 0.05) is 0 Å². The summed E-state index contributed by atoms with van der Waals surface area (Å²) >= 11 is 0. The molecule has 1 unspecified atom stereocenters. The Morgan fingerprint density at radius 2 is 1.80 bits per heavy atom. The highest BCUT2D eigenvalue weighted by atomic mass is 16.3. The fourth-order valence-electron chi connectivity index (χ4n) is 8.66. The topological polar surface area (TPSA) is 60.7 Å². The molecule has 0 radical (unpaired) electrons. The number of rotatable bonds is 5. The van der Waals surface area contributed by atoms with Gasteiger partial charge in [-0.05, 0) is 106 Å². The van der Waals surface area contributed by atoms with Gasteiger partial charge in [-0.2, -0.15) is 0 Å². The summed E-state index contributed by atoms with van der Waals surface area (Å²) in [4.78, 5) is 0. The zero-order valence-electron chi connectivity index (χ0n) is 20.0. The normalized spacial score (nSPS) is 47.1. The zero-order valence-corrected chi connectivity index (χ0v) is 20.0. The van der Waals surface area contributed by atoms with Gasteiger partial charge in [-0.3, -0.25) is 0 Å². The van der Waals surface area contributed by atoms with E-state index in [9.17, 15) is 15.3 Å². The van der Waals surface area contributed by atoms with Crippen LogP contribution in [0.1, 0.15) is 98.8 Å². The lowest BCUT2D eigenvalue weighted by atomic mass is 9.46. The van der Waals surface area contributed by atoms with Gasteiger partial charge in [-0.25, -0.2) is 0 Å². The van der Waals surface area contributed by atoms with E-state index in [-0.39, 0.29) is 17.6 Å². The molecule has 4 aliphatic carbocycles. The van der Waals surface area contributed by atoms with E-state index in [0.29, 0.717) is 29.1 Å². The third-order valence-electron chi connectivity index (χ3n) is 10.3. The minimum absolute atomic E-state index is 0.181. The van der Waals surface area contributed by atoms with Crippen molar-refractivity contribution in [3.8, 4) is 0 Å². The van der Waals surface area contributed by atoms with Gasteiger partial charge < -0.3 is 15.3 Å². The Balaban J connectivity index is 1.52. The van der Waals surface area contributed by atoms with Gasteiger partial charge >= 0.3 is 0 Å². The molecular formula is C27H46O3. The summed E-state index contributed by atoms with van der Waals surface area (Å²) in [7, 11) is 0. The van der Waals surface area contributed by atoms with Gasteiger partial charge in [0.25, 0.3) is 0 Å². The molecule has 0 heterocycles. The van der Waals surface area contributed by atoms with Crippen molar-refractivity contribution in [1.29, 1.82) is 0 Å². The third kappa shape index (κ3) is 3.82. The molecule has 0 aromatic carbocycles. The molecule has 0 saturated heterocycles. The maximum Gasteiger partial charge on any atom is 0.0757 e. The Bertz CT molecular complexity index is 664. The Morgan fingerprint density at radius 1 is 1.07 bits per heavy atom. The van der Waals surface area contributed by atoms with Crippen molar-refractivity contribution in [2.75, 3.05) is 0 Å². The molecule has 0 spiro atoms. The van der Waals surface area contributed by atoms with Crippen molar-refractivity contribution in [1.82, 2.24) is 0 Å². The maximum atomic E-state index is 11.3. The number of aliphatic hydroxyl groups excluding tert-OH is 2. The summed E-state index contributed by atoms with van der Waals surface area (Å²) < 4.78 is 0. The Labute approximate surface area is 184 Å². The molecule has 0 aliphatic heterocycles. The van der Waals surface area contributed by atoms with Gasteiger partial charge in [0.15, 0.2) is 0 Å². The van der Waals surface area contributed by atoms with Crippen LogP contribution in [0.4, 0.5) is 0 Å². The zero-order chi connectivity index (χ0) is 21.9. The largest absolute Gasteiger partial charge is 0.393 e. The molecule has 3 saturated carbocycles. The molecule has 3 N–H and O–H groups in total. The molecule has 4 rings (SSSR count). The average molecular weight is 419 g/mol. The van der Waals surface area contributed by atoms with Gasteiger partial charge in [0.1, 0.15) is 0 Å². The molecule has 3 fully saturated rings. The van der Waals surface area contributed by atoms with Crippen molar-refractivity contribution in [2.45, 2.75) is 117 Å². The maximum absolute atomic E-state index is 11.3. The fourth-order valence-corrected chi connectivity index (χ4v) is 8.66. The van der Waals surface area contributed by atoms with Crippen LogP contribution in [-0.4, -0.2) is 33.1 Å². The molecule has 0 bridgehead atoms. The first-order valence-electron chi connectivity index (χ1n) is 12.8. The molecule has 3 nitrogen and oxygen atoms in total. The van der Waals surface area contributed by atoms with Crippen molar-refractivity contribution in [3.05, 3.63) is 11.6 Å². The van der Waals surface area contributed by atoms with E-state index in [1.54, 1.807) is 0 Å². The van der Waals surface area contributed by atoms with Crippen LogP contribution in [-0.2, 0) is 0 Å². The molecule has 9 atom stereocenters. The standard InChI is InChI=1S/C27H46O3/c1-17(7-6-12-25(2,3)30)20-8-9-21-24-22(11-14-27(20,21)5)26(4)13-10-19(28)15-18(26)16-23(24)29/h16-17,19-24,28-30H,6-15H2,1-5H3/t17-,19?,20-,21+,22+,23+,24+,26+,27-/m1/s1. The number of hydrogen-bond acceptors (Lipinski definition) is 3. The molecule has 172 valence electrons. The number of hydrogen-bond donors (Lipinski definition) is 3. The van der Waals surface area contributed by atoms with Crippen LogP contribution in [0.5, 0.6) is 0 Å². The van der Waals surface area contributed by atoms with E-state index in [1.165, 1.54) is 37.7 Å². The number of fused-ring (bicyclic) bond motifs is 5. The van der Waals surface area contributed by atoms with E-state index in [2.05, 4.69) is 26.8 Å². The smallest absolute Gasteiger partial charge is 0.0757 e. The Hall–Kier alpha value is -0.380. The van der Waals surface area contributed by atoms with E-state index >= 15 is 0 Å². The predicted octanol–water partition coefficient (Wildman–Crippen LogP) is 5.47. The highest BCUT2D eigenvalue weighted by Crippen LogP contribution is 2.67. The van der Waals surface area contributed by atoms with Gasteiger partial charge in [-0.15, -0.1) is 0 Å². The Morgan fingerprint density at radius 3 is 2.50 bits per heavy atom. The highest BCUT2D eigenvalue weighted by Gasteiger charge is 2.61. The van der Waals surface area contributed by atoms with Crippen LogP contribution < -0.4 is 0 Å². The van der Waals surface area contributed by atoms with E-state index in [4.69, 9.17) is 0 Å². The van der Waals surface area contributed by atoms with Crippen LogP contribution in [0, 0.1) is 40.4 Å². The van der Waals surface area contributed by atoms with Gasteiger partial charge in [-0.1, -0.05) is 45.3 Å². The number of aliphatic hydroxyl groups is 3. The first kappa shape index (κ1) is 22.8. The fraction of sp³-hybridized carbons (Fsp3) is 0.926. The summed E-state index contributed by atoms with van der Waals surface area (Å²) in [6, 6.07) is 0. The third-order valence-corrected chi connectivity index (χ3v) is 10.3. The molecule has 30 heavy (non-hydrogen) atoms. The second-order valence-electron chi connectivity index (χ2n) is 12.7. The first-order valence-corrected chi connectivity index (χ1v) is 12.8. The van der Waals surface area contributed by atoms with Crippen LogP contribution in [0.3, 0.4) is 0 Å². The summed E-state index contributed by atoms with van der Waals surface area (Å²) in [5.41, 5.74) is 1.31. The molecule has 0 aromatic rings. The predicted molar refractivity (Wildman–Crippen MR) is 122 cm³/mol. The molecule has 3 heteroatoms. The highest BCUT2D eigenvalue weighted by molar-refractivity contribution is 5.27. The van der Waals surface area contributed by atoms with Crippen LogP contribution >= 0.6 is 0 Å². The second-order valence-corrected chi connectivity index (χ2v) is 12.7. The summed E-state index contributed by atoms with van der Waals surface area (Å²) in [6.45, 7) is 11.2. The lowest BCUT2D eigenvalue weighted by Crippen LogP contribution is -2.54. The Kier molecular flexibility index (Phi) is 5.99. The van der Waals surface area contributed by atoms with Crippen molar-refractivity contribution < 1.29 is 15.3 Å².